The number of thioether (sulfide) groups is 1. The summed E-state index contributed by atoms with van der Waals surface area (Å²) >= 11 is 2.86. The highest BCUT2D eigenvalue weighted by Gasteiger charge is 2.07. The SMILES string of the molecule is O=C(/C=C/c1ccc([N+](=O)[O-])cc1)Nc1nnc(SCc2ccccc2)s1. The van der Waals surface area contributed by atoms with Crippen LogP contribution in [0.4, 0.5) is 10.8 Å². The zero-order valence-corrected chi connectivity index (χ0v) is 15.6. The van der Waals surface area contributed by atoms with Gasteiger partial charge in [-0.05, 0) is 29.3 Å². The van der Waals surface area contributed by atoms with Crippen molar-refractivity contribution >= 4 is 45.9 Å². The van der Waals surface area contributed by atoms with Gasteiger partial charge in [-0.3, -0.25) is 20.2 Å². The summed E-state index contributed by atoms with van der Waals surface area (Å²) in [7, 11) is 0. The molecule has 0 saturated carbocycles. The van der Waals surface area contributed by atoms with Crippen LogP contribution in [0.1, 0.15) is 11.1 Å². The summed E-state index contributed by atoms with van der Waals surface area (Å²) in [6.45, 7) is 0. The lowest BCUT2D eigenvalue weighted by atomic mass is 10.2. The van der Waals surface area contributed by atoms with Gasteiger partial charge in [0.1, 0.15) is 0 Å². The van der Waals surface area contributed by atoms with Gasteiger partial charge >= 0.3 is 0 Å². The zero-order chi connectivity index (χ0) is 19.1. The molecule has 3 aromatic rings. The minimum Gasteiger partial charge on any atom is -0.297 e. The first-order valence-corrected chi connectivity index (χ1v) is 9.64. The molecule has 0 unspecified atom stereocenters. The number of aromatic nitrogens is 2. The molecule has 0 aliphatic carbocycles. The monoisotopic (exact) mass is 398 g/mol. The number of amides is 1. The Kier molecular flexibility index (Phi) is 6.29. The van der Waals surface area contributed by atoms with E-state index in [-0.39, 0.29) is 11.6 Å². The van der Waals surface area contributed by atoms with Gasteiger partial charge in [-0.1, -0.05) is 53.4 Å². The Morgan fingerprint density at radius 3 is 2.59 bits per heavy atom. The van der Waals surface area contributed by atoms with E-state index in [1.165, 1.54) is 35.1 Å². The molecule has 7 nitrogen and oxygen atoms in total. The number of hydrogen-bond acceptors (Lipinski definition) is 7. The number of nitro benzene ring substituents is 1. The van der Waals surface area contributed by atoms with Gasteiger partial charge in [-0.2, -0.15) is 0 Å². The maximum absolute atomic E-state index is 12.0. The van der Waals surface area contributed by atoms with Crippen LogP contribution in [0.2, 0.25) is 0 Å². The number of rotatable bonds is 7. The predicted octanol–water partition coefficient (Wildman–Crippen LogP) is 4.39. The van der Waals surface area contributed by atoms with Crippen molar-refractivity contribution in [1.82, 2.24) is 10.2 Å². The summed E-state index contributed by atoms with van der Waals surface area (Å²) < 4.78 is 0.772. The number of benzene rings is 2. The number of carbonyl (C=O) groups excluding carboxylic acids is 1. The second-order valence-corrected chi connectivity index (χ2v) is 7.52. The van der Waals surface area contributed by atoms with Gasteiger partial charge in [0.15, 0.2) is 4.34 Å². The van der Waals surface area contributed by atoms with Crippen LogP contribution in [0.3, 0.4) is 0 Å². The maximum Gasteiger partial charge on any atom is 0.269 e. The third-order valence-corrected chi connectivity index (χ3v) is 5.42. The normalized spacial score (nSPS) is 10.8. The van der Waals surface area contributed by atoms with E-state index in [4.69, 9.17) is 0 Å². The molecule has 0 aliphatic rings. The van der Waals surface area contributed by atoms with Crippen LogP contribution in [-0.4, -0.2) is 21.0 Å². The first-order chi connectivity index (χ1) is 13.1. The van der Waals surface area contributed by atoms with Gasteiger partial charge in [0.2, 0.25) is 11.0 Å². The number of hydrogen-bond donors (Lipinski definition) is 1. The first-order valence-electron chi connectivity index (χ1n) is 7.84. The topological polar surface area (TPSA) is 98.0 Å². The summed E-state index contributed by atoms with van der Waals surface area (Å²) in [5, 5.41) is 21.7. The van der Waals surface area contributed by atoms with Crippen molar-refractivity contribution in [1.29, 1.82) is 0 Å². The number of anilines is 1. The summed E-state index contributed by atoms with van der Waals surface area (Å²) in [5.74, 6) is 0.438. The molecule has 1 aromatic heterocycles. The third kappa shape index (κ3) is 5.73. The van der Waals surface area contributed by atoms with Gasteiger partial charge in [0.05, 0.1) is 4.92 Å². The molecule has 2 aromatic carbocycles. The molecule has 0 aliphatic heterocycles. The molecule has 0 spiro atoms. The first kappa shape index (κ1) is 18.7. The van der Waals surface area contributed by atoms with Crippen molar-refractivity contribution in [3.05, 3.63) is 81.9 Å². The Morgan fingerprint density at radius 1 is 1.15 bits per heavy atom. The number of non-ortho nitro benzene ring substituents is 1. The Bertz CT molecular complexity index is 956. The molecule has 9 heteroatoms. The number of nitrogens with zero attached hydrogens (tertiary/aromatic N) is 3. The van der Waals surface area contributed by atoms with Crippen molar-refractivity contribution in [2.75, 3.05) is 5.32 Å². The van der Waals surface area contributed by atoms with Crippen molar-refractivity contribution in [2.24, 2.45) is 0 Å². The second kappa shape index (κ2) is 9.06. The smallest absolute Gasteiger partial charge is 0.269 e. The molecular formula is C18H14N4O3S2. The fourth-order valence-corrected chi connectivity index (χ4v) is 3.77. The Labute approximate surface area is 163 Å². The average Bonchev–Trinajstić information content (AvgIpc) is 3.13. The van der Waals surface area contributed by atoms with E-state index in [9.17, 15) is 14.9 Å². The minimum atomic E-state index is -0.469. The van der Waals surface area contributed by atoms with E-state index in [2.05, 4.69) is 15.5 Å². The Morgan fingerprint density at radius 2 is 1.89 bits per heavy atom. The highest BCUT2D eigenvalue weighted by molar-refractivity contribution is 8.00. The summed E-state index contributed by atoms with van der Waals surface area (Å²) in [4.78, 5) is 22.1. The number of nitro groups is 1. The molecule has 1 amide bonds. The number of carbonyl (C=O) groups is 1. The molecule has 0 bridgehead atoms. The summed E-state index contributed by atoms with van der Waals surface area (Å²) in [5.41, 5.74) is 1.88. The molecule has 136 valence electrons. The standard InChI is InChI=1S/C18H14N4O3S2/c23-16(11-8-13-6-9-15(10-7-13)22(24)25)19-17-20-21-18(27-17)26-12-14-4-2-1-3-5-14/h1-11H,12H2,(H,19,20,23)/b11-8+. The van der Waals surface area contributed by atoms with Crippen molar-refractivity contribution in [3.63, 3.8) is 0 Å². The maximum atomic E-state index is 12.0. The highest BCUT2D eigenvalue weighted by Crippen LogP contribution is 2.28. The van der Waals surface area contributed by atoms with Crippen molar-refractivity contribution in [2.45, 2.75) is 10.1 Å². The fourth-order valence-electron chi connectivity index (χ4n) is 2.06. The molecule has 0 atom stereocenters. The minimum absolute atomic E-state index is 0.00555. The Hall–Kier alpha value is -3.04. The van der Waals surface area contributed by atoms with Crippen LogP contribution < -0.4 is 5.32 Å². The van der Waals surface area contributed by atoms with Crippen LogP contribution in [-0.2, 0) is 10.5 Å². The third-order valence-electron chi connectivity index (χ3n) is 3.37. The lowest BCUT2D eigenvalue weighted by Crippen LogP contribution is -2.07. The predicted molar refractivity (Wildman–Crippen MR) is 107 cm³/mol. The van der Waals surface area contributed by atoms with Gasteiger partial charge in [-0.15, -0.1) is 10.2 Å². The highest BCUT2D eigenvalue weighted by atomic mass is 32.2. The zero-order valence-electron chi connectivity index (χ0n) is 13.9. The van der Waals surface area contributed by atoms with E-state index in [0.717, 1.165) is 10.1 Å². The van der Waals surface area contributed by atoms with Crippen LogP contribution in [0, 0.1) is 10.1 Å². The summed E-state index contributed by atoms with van der Waals surface area (Å²) in [6.07, 6.45) is 2.92. The van der Waals surface area contributed by atoms with Gasteiger partial charge in [0.25, 0.3) is 5.69 Å². The van der Waals surface area contributed by atoms with Gasteiger partial charge in [0, 0.05) is 24.0 Å². The van der Waals surface area contributed by atoms with Crippen LogP contribution in [0.25, 0.3) is 6.08 Å². The average molecular weight is 398 g/mol. The van der Waals surface area contributed by atoms with E-state index in [1.54, 1.807) is 30.0 Å². The molecule has 1 N–H and O–H groups in total. The quantitative estimate of drug-likeness (QED) is 0.208. The fraction of sp³-hybridized carbons (Fsp3) is 0.0556. The molecule has 0 fully saturated rings. The van der Waals surface area contributed by atoms with Gasteiger partial charge < -0.3 is 0 Å². The summed E-state index contributed by atoms with van der Waals surface area (Å²) in [6, 6.07) is 15.9. The van der Waals surface area contributed by atoms with Crippen molar-refractivity contribution < 1.29 is 9.72 Å². The van der Waals surface area contributed by atoms with E-state index < -0.39 is 4.92 Å². The van der Waals surface area contributed by atoms with Crippen LogP contribution in [0.5, 0.6) is 0 Å². The number of nitrogens with one attached hydrogen (secondary N) is 1. The van der Waals surface area contributed by atoms with E-state index in [0.29, 0.717) is 10.7 Å². The molecule has 27 heavy (non-hydrogen) atoms. The molecule has 0 radical (unpaired) electrons. The molecule has 1 heterocycles. The van der Waals surface area contributed by atoms with Crippen LogP contribution in [0.15, 0.2) is 65.0 Å². The molecule has 3 rings (SSSR count). The largest absolute Gasteiger partial charge is 0.297 e. The second-order valence-electron chi connectivity index (χ2n) is 5.32. The molecule has 0 saturated heterocycles. The lowest BCUT2D eigenvalue weighted by Gasteiger charge is -1.97. The van der Waals surface area contributed by atoms with Gasteiger partial charge in [-0.25, -0.2) is 0 Å². The Balaban J connectivity index is 1.52. The molecular weight excluding hydrogens is 384 g/mol. The van der Waals surface area contributed by atoms with E-state index >= 15 is 0 Å². The van der Waals surface area contributed by atoms with E-state index in [1.807, 2.05) is 30.3 Å². The van der Waals surface area contributed by atoms with Crippen LogP contribution >= 0.6 is 23.1 Å². The lowest BCUT2D eigenvalue weighted by molar-refractivity contribution is -0.384. The van der Waals surface area contributed by atoms with Crippen molar-refractivity contribution in [3.8, 4) is 0 Å².